The number of hydrogen-bond acceptors (Lipinski definition) is 5. The van der Waals surface area contributed by atoms with E-state index in [0.29, 0.717) is 11.0 Å². The van der Waals surface area contributed by atoms with Crippen LogP contribution in [-0.2, 0) is 0 Å². The summed E-state index contributed by atoms with van der Waals surface area (Å²) >= 11 is 1.28. The molecular formula is C19H17N3O3S. The monoisotopic (exact) mass is 367 g/mol. The van der Waals surface area contributed by atoms with E-state index in [9.17, 15) is 14.9 Å². The SMILES string of the molecule is CC(C)c1ccc(-c2csc(NC(=O)c3ccccc3[N+](=O)[O-])n2)cc1. The summed E-state index contributed by atoms with van der Waals surface area (Å²) in [5, 5.41) is 15.9. The molecule has 0 aliphatic carbocycles. The maximum atomic E-state index is 12.4. The van der Waals surface area contributed by atoms with Crippen LogP contribution in [0.4, 0.5) is 10.8 Å². The maximum Gasteiger partial charge on any atom is 0.282 e. The summed E-state index contributed by atoms with van der Waals surface area (Å²) in [5.74, 6) is -0.0932. The van der Waals surface area contributed by atoms with Gasteiger partial charge in [0.15, 0.2) is 5.13 Å². The number of benzene rings is 2. The van der Waals surface area contributed by atoms with E-state index in [4.69, 9.17) is 0 Å². The van der Waals surface area contributed by atoms with Gasteiger partial charge in [-0.05, 0) is 17.5 Å². The number of carbonyl (C=O) groups is 1. The summed E-state index contributed by atoms with van der Waals surface area (Å²) in [6.07, 6.45) is 0. The second-order valence-corrected chi connectivity index (χ2v) is 6.90. The van der Waals surface area contributed by atoms with Crippen LogP contribution in [0, 0.1) is 10.1 Å². The fourth-order valence-electron chi connectivity index (χ4n) is 2.49. The number of aromatic nitrogens is 1. The first-order chi connectivity index (χ1) is 12.5. The van der Waals surface area contributed by atoms with Crippen molar-refractivity contribution in [1.29, 1.82) is 0 Å². The van der Waals surface area contributed by atoms with E-state index in [-0.39, 0.29) is 11.3 Å². The third kappa shape index (κ3) is 3.78. The van der Waals surface area contributed by atoms with Gasteiger partial charge in [-0.25, -0.2) is 4.98 Å². The first-order valence-corrected chi connectivity index (χ1v) is 8.94. The Hall–Kier alpha value is -3.06. The number of thiazole rings is 1. The van der Waals surface area contributed by atoms with Crippen molar-refractivity contribution in [3.8, 4) is 11.3 Å². The number of amides is 1. The average molecular weight is 367 g/mol. The molecule has 0 fully saturated rings. The van der Waals surface area contributed by atoms with Crippen molar-refractivity contribution < 1.29 is 9.72 Å². The lowest BCUT2D eigenvalue weighted by molar-refractivity contribution is -0.385. The van der Waals surface area contributed by atoms with Gasteiger partial charge in [-0.15, -0.1) is 11.3 Å². The van der Waals surface area contributed by atoms with Gasteiger partial charge in [-0.2, -0.15) is 0 Å². The second kappa shape index (κ2) is 7.45. The Labute approximate surface area is 154 Å². The number of nitrogens with one attached hydrogen (secondary N) is 1. The van der Waals surface area contributed by atoms with Crippen molar-refractivity contribution in [3.05, 3.63) is 75.2 Å². The number of nitro groups is 1. The number of rotatable bonds is 5. The fourth-order valence-corrected chi connectivity index (χ4v) is 3.21. The van der Waals surface area contributed by atoms with E-state index in [1.54, 1.807) is 6.07 Å². The van der Waals surface area contributed by atoms with Gasteiger partial charge in [0.1, 0.15) is 5.56 Å². The predicted molar refractivity (Wildman–Crippen MR) is 103 cm³/mol. The smallest absolute Gasteiger partial charge is 0.282 e. The van der Waals surface area contributed by atoms with Crippen molar-refractivity contribution in [2.45, 2.75) is 19.8 Å². The highest BCUT2D eigenvalue weighted by atomic mass is 32.1. The minimum atomic E-state index is -0.571. The molecule has 1 amide bonds. The van der Waals surface area contributed by atoms with Crippen LogP contribution >= 0.6 is 11.3 Å². The Bertz CT molecular complexity index is 949. The summed E-state index contributed by atoms with van der Waals surface area (Å²) in [7, 11) is 0. The van der Waals surface area contributed by atoms with Crippen LogP contribution in [0.15, 0.2) is 53.9 Å². The van der Waals surface area contributed by atoms with Gasteiger partial charge < -0.3 is 0 Å². The lowest BCUT2D eigenvalue weighted by atomic mass is 10.0. The van der Waals surface area contributed by atoms with Crippen LogP contribution in [0.1, 0.15) is 35.7 Å². The van der Waals surface area contributed by atoms with Crippen LogP contribution in [0.3, 0.4) is 0 Å². The number of nitrogens with zero attached hydrogens (tertiary/aromatic N) is 2. The molecule has 0 bridgehead atoms. The lowest BCUT2D eigenvalue weighted by Gasteiger charge is -2.05. The first-order valence-electron chi connectivity index (χ1n) is 8.06. The van der Waals surface area contributed by atoms with Crippen LogP contribution in [0.2, 0.25) is 0 Å². The highest BCUT2D eigenvalue weighted by Gasteiger charge is 2.20. The molecule has 2 aromatic carbocycles. The third-order valence-electron chi connectivity index (χ3n) is 3.94. The summed E-state index contributed by atoms with van der Waals surface area (Å²) in [6.45, 7) is 4.27. The Kier molecular flexibility index (Phi) is 5.09. The Morgan fingerprint density at radius 2 is 1.85 bits per heavy atom. The molecule has 0 spiro atoms. The Morgan fingerprint density at radius 3 is 2.50 bits per heavy atom. The second-order valence-electron chi connectivity index (χ2n) is 6.04. The zero-order valence-corrected chi connectivity index (χ0v) is 15.1. The van der Waals surface area contributed by atoms with E-state index in [2.05, 4.69) is 36.3 Å². The minimum Gasteiger partial charge on any atom is -0.298 e. The lowest BCUT2D eigenvalue weighted by Crippen LogP contribution is -2.13. The molecule has 1 N–H and O–H groups in total. The molecule has 132 valence electrons. The number of nitro benzene ring substituents is 1. The topological polar surface area (TPSA) is 85.1 Å². The van der Waals surface area contributed by atoms with E-state index in [1.165, 1.54) is 35.1 Å². The summed E-state index contributed by atoms with van der Waals surface area (Å²) < 4.78 is 0. The molecule has 1 aromatic heterocycles. The average Bonchev–Trinajstić information content (AvgIpc) is 3.10. The molecule has 0 radical (unpaired) electrons. The Balaban J connectivity index is 1.78. The van der Waals surface area contributed by atoms with Crippen molar-refractivity contribution in [2.75, 3.05) is 5.32 Å². The summed E-state index contributed by atoms with van der Waals surface area (Å²) in [4.78, 5) is 27.3. The van der Waals surface area contributed by atoms with E-state index < -0.39 is 10.8 Å². The third-order valence-corrected chi connectivity index (χ3v) is 4.70. The summed E-state index contributed by atoms with van der Waals surface area (Å²) in [5.41, 5.74) is 2.73. The molecule has 0 atom stereocenters. The Morgan fingerprint density at radius 1 is 1.15 bits per heavy atom. The maximum absolute atomic E-state index is 12.4. The first kappa shape index (κ1) is 17.8. The van der Waals surface area contributed by atoms with Crippen molar-refractivity contribution in [3.63, 3.8) is 0 Å². The van der Waals surface area contributed by atoms with Gasteiger partial charge in [0, 0.05) is 17.0 Å². The highest BCUT2D eigenvalue weighted by Crippen LogP contribution is 2.27. The van der Waals surface area contributed by atoms with Crippen LogP contribution in [-0.4, -0.2) is 15.8 Å². The molecule has 0 aliphatic heterocycles. The van der Waals surface area contributed by atoms with Crippen LogP contribution in [0.25, 0.3) is 11.3 Å². The molecular weight excluding hydrogens is 350 g/mol. The van der Waals surface area contributed by atoms with Crippen molar-refractivity contribution in [1.82, 2.24) is 4.98 Å². The van der Waals surface area contributed by atoms with Crippen molar-refractivity contribution in [2.24, 2.45) is 0 Å². The molecule has 1 heterocycles. The normalized spacial score (nSPS) is 10.7. The standard InChI is InChI=1S/C19H17N3O3S/c1-12(2)13-7-9-14(10-8-13)16-11-26-19(20-16)21-18(23)15-5-3-4-6-17(15)22(24)25/h3-12H,1-2H3,(H,20,21,23). The molecule has 26 heavy (non-hydrogen) atoms. The number of para-hydroxylation sites is 1. The van der Waals surface area contributed by atoms with Gasteiger partial charge in [-0.3, -0.25) is 20.2 Å². The molecule has 3 aromatic rings. The molecule has 0 aliphatic rings. The van der Waals surface area contributed by atoms with Crippen LogP contribution < -0.4 is 5.32 Å². The largest absolute Gasteiger partial charge is 0.298 e. The van der Waals surface area contributed by atoms with Gasteiger partial charge in [0.25, 0.3) is 11.6 Å². The van der Waals surface area contributed by atoms with E-state index >= 15 is 0 Å². The number of carbonyl (C=O) groups excluding carboxylic acids is 1. The quantitative estimate of drug-likeness (QED) is 0.502. The highest BCUT2D eigenvalue weighted by molar-refractivity contribution is 7.14. The zero-order valence-electron chi connectivity index (χ0n) is 14.3. The van der Waals surface area contributed by atoms with Crippen LogP contribution in [0.5, 0.6) is 0 Å². The molecule has 3 rings (SSSR count). The molecule has 0 saturated heterocycles. The molecule has 0 unspecified atom stereocenters. The van der Waals surface area contributed by atoms with E-state index in [0.717, 1.165) is 11.3 Å². The zero-order chi connectivity index (χ0) is 18.7. The van der Waals surface area contributed by atoms with E-state index in [1.807, 2.05) is 17.5 Å². The summed E-state index contributed by atoms with van der Waals surface area (Å²) in [6, 6.07) is 14.0. The molecule has 0 saturated carbocycles. The molecule has 7 heteroatoms. The van der Waals surface area contributed by atoms with Crippen molar-refractivity contribution >= 4 is 28.1 Å². The molecule has 6 nitrogen and oxygen atoms in total. The minimum absolute atomic E-state index is 0.00976. The van der Waals surface area contributed by atoms with Gasteiger partial charge in [-0.1, -0.05) is 50.2 Å². The van der Waals surface area contributed by atoms with Gasteiger partial charge >= 0.3 is 0 Å². The predicted octanol–water partition coefficient (Wildman–Crippen LogP) is 5.09. The number of anilines is 1. The van der Waals surface area contributed by atoms with Gasteiger partial charge in [0.2, 0.25) is 0 Å². The fraction of sp³-hybridized carbons (Fsp3) is 0.158. The van der Waals surface area contributed by atoms with Gasteiger partial charge in [0.05, 0.1) is 10.6 Å². The number of hydrogen-bond donors (Lipinski definition) is 1.